The van der Waals surface area contributed by atoms with Crippen molar-refractivity contribution in [3.8, 4) is 11.5 Å². The topological polar surface area (TPSA) is 18.5 Å². The number of hydrogen-bond donors (Lipinski definition) is 0. The van der Waals surface area contributed by atoms with Crippen LogP contribution in [-0.4, -0.2) is 0 Å². The van der Waals surface area contributed by atoms with Gasteiger partial charge in [0.15, 0.2) is 11.5 Å². The number of benzene rings is 2. The summed E-state index contributed by atoms with van der Waals surface area (Å²) in [7, 11) is 0. The largest absolute Gasteiger partial charge is 0.385 e. The normalized spacial score (nSPS) is 11.0. The number of thiophene rings is 1. The molecule has 0 aliphatic carbocycles. The lowest BCUT2D eigenvalue weighted by molar-refractivity contribution is 0.587. The van der Waals surface area contributed by atoms with Crippen LogP contribution in [0.15, 0.2) is 41.8 Å². The Hall–Kier alpha value is -1.68. The quantitative estimate of drug-likeness (QED) is 0.444. The summed E-state index contributed by atoms with van der Waals surface area (Å²) < 4.78 is 10.5. The maximum atomic E-state index is 5.86. The average Bonchev–Trinajstić information content (AvgIpc) is 3.08. The minimum atomic E-state index is -0.0882. The molecule has 3 rings (SSSR count). The van der Waals surface area contributed by atoms with Crippen molar-refractivity contribution in [3.63, 3.8) is 0 Å². The molecule has 26 heavy (non-hydrogen) atoms. The van der Waals surface area contributed by atoms with Crippen LogP contribution < -0.4 is 8.58 Å². The molecule has 0 spiro atoms. The van der Waals surface area contributed by atoms with Crippen LogP contribution in [-0.2, 0) is 0 Å². The average molecular weight is 407 g/mol. The van der Waals surface area contributed by atoms with E-state index in [1.54, 1.807) is 11.3 Å². The summed E-state index contributed by atoms with van der Waals surface area (Å²) in [5.41, 5.74) is 6.28. The van der Waals surface area contributed by atoms with E-state index >= 15 is 0 Å². The Balaban J connectivity index is 2.35. The molecule has 0 saturated heterocycles. The van der Waals surface area contributed by atoms with Gasteiger partial charge in [0.05, 0.1) is 5.92 Å². The molecule has 0 bridgehead atoms. The molecule has 0 saturated carbocycles. The third-order valence-electron chi connectivity index (χ3n) is 4.50. The van der Waals surface area contributed by atoms with Crippen molar-refractivity contribution in [2.75, 3.05) is 0 Å². The van der Waals surface area contributed by atoms with E-state index in [0.29, 0.717) is 11.5 Å². The van der Waals surface area contributed by atoms with Gasteiger partial charge in [0, 0.05) is 16.0 Å². The zero-order valence-electron chi connectivity index (χ0n) is 15.1. The van der Waals surface area contributed by atoms with Crippen LogP contribution in [0.5, 0.6) is 11.5 Å². The minimum absolute atomic E-state index is 0.0882. The predicted octanol–water partition coefficient (Wildman–Crippen LogP) is 7.23. The first kappa shape index (κ1) is 19.1. The zero-order chi connectivity index (χ0) is 18.8. The maximum absolute atomic E-state index is 5.86. The summed E-state index contributed by atoms with van der Waals surface area (Å²) in [5.74, 6) is 1.26. The molecule has 1 aromatic heterocycles. The van der Waals surface area contributed by atoms with Crippen LogP contribution in [0.25, 0.3) is 0 Å². The molecule has 0 aliphatic heterocycles. The van der Waals surface area contributed by atoms with E-state index < -0.39 is 0 Å². The zero-order valence-corrected chi connectivity index (χ0v) is 17.4. The molecule has 3 aromatic rings. The van der Waals surface area contributed by atoms with Crippen molar-refractivity contribution in [3.05, 3.63) is 80.0 Å². The van der Waals surface area contributed by atoms with Crippen molar-refractivity contribution in [1.82, 2.24) is 0 Å². The Kier molecular flexibility index (Phi) is 5.81. The molecule has 0 unspecified atom stereocenters. The van der Waals surface area contributed by atoms with E-state index in [0.717, 1.165) is 33.4 Å². The van der Waals surface area contributed by atoms with Gasteiger partial charge >= 0.3 is 0 Å². The highest BCUT2D eigenvalue weighted by atomic mass is 35.5. The summed E-state index contributed by atoms with van der Waals surface area (Å²) >= 11 is 13.4. The first-order valence-corrected chi connectivity index (χ1v) is 9.78. The lowest BCUT2D eigenvalue weighted by Gasteiger charge is -2.23. The third-order valence-corrected chi connectivity index (χ3v) is 5.75. The molecule has 0 amide bonds. The van der Waals surface area contributed by atoms with Crippen molar-refractivity contribution in [1.29, 1.82) is 0 Å². The Morgan fingerprint density at radius 3 is 1.69 bits per heavy atom. The van der Waals surface area contributed by atoms with E-state index in [4.69, 9.17) is 32.3 Å². The molecule has 2 aromatic carbocycles. The van der Waals surface area contributed by atoms with E-state index in [1.165, 1.54) is 4.88 Å². The predicted molar refractivity (Wildman–Crippen MR) is 110 cm³/mol. The molecular weight excluding hydrogens is 387 g/mol. The Morgan fingerprint density at radius 1 is 0.808 bits per heavy atom. The van der Waals surface area contributed by atoms with Gasteiger partial charge < -0.3 is 8.58 Å². The Bertz CT molecular complexity index is 861. The summed E-state index contributed by atoms with van der Waals surface area (Å²) in [6.45, 7) is 8.14. The van der Waals surface area contributed by atoms with Gasteiger partial charge in [-0.1, -0.05) is 41.5 Å². The van der Waals surface area contributed by atoms with Gasteiger partial charge in [-0.05, 0) is 50.3 Å². The first-order chi connectivity index (χ1) is 12.5. The van der Waals surface area contributed by atoms with Gasteiger partial charge in [-0.2, -0.15) is 0 Å². The van der Waals surface area contributed by atoms with Crippen LogP contribution in [0.4, 0.5) is 0 Å². The second-order valence-corrected chi connectivity index (χ2v) is 7.89. The van der Waals surface area contributed by atoms with Crippen LogP contribution in [0.1, 0.15) is 44.2 Å². The van der Waals surface area contributed by atoms with Crippen LogP contribution in [0.2, 0.25) is 0 Å². The lowest BCUT2D eigenvalue weighted by atomic mass is 9.85. The van der Waals surface area contributed by atoms with E-state index in [2.05, 4.69) is 49.6 Å². The summed E-state index contributed by atoms with van der Waals surface area (Å²) in [5, 5.41) is 2.07. The van der Waals surface area contributed by atoms with Crippen molar-refractivity contribution >= 4 is 35.1 Å². The summed E-state index contributed by atoms with van der Waals surface area (Å²) in [6, 6.07) is 12.5. The Labute approximate surface area is 168 Å². The molecular formula is C21H20Cl2O2S. The van der Waals surface area contributed by atoms with E-state index in [-0.39, 0.29) is 5.92 Å². The van der Waals surface area contributed by atoms with Gasteiger partial charge in [0.25, 0.3) is 0 Å². The van der Waals surface area contributed by atoms with Crippen LogP contribution in [0.3, 0.4) is 0 Å². The molecule has 0 N–H and O–H groups in total. The molecule has 0 atom stereocenters. The van der Waals surface area contributed by atoms with Crippen molar-refractivity contribution in [2.45, 2.75) is 33.6 Å². The highest BCUT2D eigenvalue weighted by molar-refractivity contribution is 7.10. The highest BCUT2D eigenvalue weighted by Crippen LogP contribution is 2.45. The van der Waals surface area contributed by atoms with Gasteiger partial charge in [0.2, 0.25) is 0 Å². The number of aryl methyl sites for hydroxylation is 4. The third kappa shape index (κ3) is 3.57. The SMILES string of the molecule is Cc1cc(C)c(OCl)c(C(c2cccs2)c2cc(C)cc(C)c2OCl)c1. The molecule has 1 heterocycles. The molecule has 0 fully saturated rings. The van der Waals surface area contributed by atoms with Crippen LogP contribution >= 0.6 is 35.1 Å². The molecule has 5 heteroatoms. The highest BCUT2D eigenvalue weighted by Gasteiger charge is 2.27. The summed E-state index contributed by atoms with van der Waals surface area (Å²) in [4.78, 5) is 1.17. The number of hydrogen-bond acceptors (Lipinski definition) is 3. The standard InChI is InChI=1S/C21H20Cl2O2S/c1-12-8-14(3)20(24-22)16(10-12)19(18-6-5-7-26-18)17-11-13(2)9-15(4)21(17)25-23/h5-11,19H,1-4H3. The fourth-order valence-corrected chi connectivity index (χ4v) is 4.83. The van der Waals surface area contributed by atoms with Gasteiger partial charge in [-0.25, -0.2) is 0 Å². The molecule has 136 valence electrons. The number of rotatable bonds is 5. The van der Waals surface area contributed by atoms with Crippen molar-refractivity contribution < 1.29 is 8.58 Å². The second kappa shape index (κ2) is 7.91. The molecule has 2 nitrogen and oxygen atoms in total. The van der Waals surface area contributed by atoms with Gasteiger partial charge in [-0.15, -0.1) is 11.3 Å². The summed E-state index contributed by atoms with van der Waals surface area (Å²) in [6.07, 6.45) is 0. The Morgan fingerprint density at radius 2 is 1.31 bits per heavy atom. The fraction of sp³-hybridized carbons (Fsp3) is 0.238. The van der Waals surface area contributed by atoms with Crippen LogP contribution in [0, 0.1) is 27.7 Å². The smallest absolute Gasteiger partial charge is 0.153 e. The maximum Gasteiger partial charge on any atom is 0.153 e. The van der Waals surface area contributed by atoms with Gasteiger partial charge in [0.1, 0.15) is 23.7 Å². The number of halogens is 2. The first-order valence-electron chi connectivity index (χ1n) is 8.29. The molecule has 0 radical (unpaired) electrons. The van der Waals surface area contributed by atoms with E-state index in [9.17, 15) is 0 Å². The molecule has 0 aliphatic rings. The fourth-order valence-electron chi connectivity index (χ4n) is 3.54. The second-order valence-electron chi connectivity index (χ2n) is 6.60. The van der Waals surface area contributed by atoms with E-state index in [1.807, 2.05) is 19.9 Å². The minimum Gasteiger partial charge on any atom is -0.385 e. The lowest BCUT2D eigenvalue weighted by Crippen LogP contribution is -2.07. The van der Waals surface area contributed by atoms with Gasteiger partial charge in [-0.3, -0.25) is 0 Å². The monoisotopic (exact) mass is 406 g/mol. The van der Waals surface area contributed by atoms with Crippen molar-refractivity contribution in [2.24, 2.45) is 0 Å².